The summed E-state index contributed by atoms with van der Waals surface area (Å²) in [5, 5.41) is 7.05. The standard InChI is InChI=1S/C27H32FN3O2/c1-5-6-19(2)29-27(31-23-13-17-25(33-4)18-14-23)26(20-7-9-21(28)10-8-20)30-22-11-15-24(32-3)16-12-22/h7-19,26,30H,5-6H2,1-4H3,(H,29,31). The number of amidine groups is 1. The van der Waals surface area contributed by atoms with Gasteiger partial charge in [0.05, 0.1) is 14.2 Å². The van der Waals surface area contributed by atoms with E-state index in [2.05, 4.69) is 24.5 Å². The Morgan fingerprint density at radius 2 is 1.39 bits per heavy atom. The maximum absolute atomic E-state index is 13.7. The number of ether oxygens (including phenoxy) is 2. The molecule has 6 heteroatoms. The Labute approximate surface area is 195 Å². The normalized spacial score (nSPS) is 13.2. The highest BCUT2D eigenvalue weighted by molar-refractivity contribution is 6.01. The van der Waals surface area contributed by atoms with E-state index in [-0.39, 0.29) is 17.9 Å². The van der Waals surface area contributed by atoms with Gasteiger partial charge < -0.3 is 20.1 Å². The number of nitrogens with one attached hydrogen (secondary N) is 2. The third-order valence-electron chi connectivity index (χ3n) is 5.31. The summed E-state index contributed by atoms with van der Waals surface area (Å²) in [6.07, 6.45) is 2.00. The minimum Gasteiger partial charge on any atom is -0.497 e. The zero-order valence-electron chi connectivity index (χ0n) is 19.6. The molecule has 3 aromatic rings. The molecule has 5 nitrogen and oxygen atoms in total. The van der Waals surface area contributed by atoms with Gasteiger partial charge in [-0.3, -0.25) is 4.99 Å². The Morgan fingerprint density at radius 1 is 0.848 bits per heavy atom. The average molecular weight is 450 g/mol. The summed E-state index contributed by atoms with van der Waals surface area (Å²) >= 11 is 0. The molecule has 3 rings (SSSR count). The van der Waals surface area contributed by atoms with Crippen molar-refractivity contribution in [1.29, 1.82) is 0 Å². The average Bonchev–Trinajstić information content (AvgIpc) is 2.84. The fraction of sp³-hybridized carbons (Fsp3) is 0.296. The van der Waals surface area contributed by atoms with Crippen molar-refractivity contribution in [3.63, 3.8) is 0 Å². The van der Waals surface area contributed by atoms with E-state index in [4.69, 9.17) is 14.5 Å². The van der Waals surface area contributed by atoms with Crippen molar-refractivity contribution in [2.24, 2.45) is 4.99 Å². The van der Waals surface area contributed by atoms with Crippen molar-refractivity contribution in [3.8, 4) is 11.5 Å². The molecule has 0 saturated heterocycles. The molecular formula is C27H32FN3O2. The zero-order valence-corrected chi connectivity index (χ0v) is 19.6. The number of rotatable bonds is 10. The van der Waals surface area contributed by atoms with Gasteiger partial charge in [-0.15, -0.1) is 0 Å². The maximum atomic E-state index is 13.7. The largest absolute Gasteiger partial charge is 0.497 e. The third-order valence-corrected chi connectivity index (χ3v) is 5.31. The van der Waals surface area contributed by atoms with E-state index in [9.17, 15) is 4.39 Å². The highest BCUT2D eigenvalue weighted by Gasteiger charge is 2.20. The quantitative estimate of drug-likeness (QED) is 0.267. The molecule has 33 heavy (non-hydrogen) atoms. The second-order valence-electron chi connectivity index (χ2n) is 7.86. The number of benzene rings is 3. The van der Waals surface area contributed by atoms with Gasteiger partial charge in [0.25, 0.3) is 0 Å². The highest BCUT2D eigenvalue weighted by Crippen LogP contribution is 2.26. The predicted molar refractivity (Wildman–Crippen MR) is 134 cm³/mol. The van der Waals surface area contributed by atoms with Crippen molar-refractivity contribution in [3.05, 3.63) is 84.2 Å². The molecule has 0 radical (unpaired) electrons. The first-order chi connectivity index (χ1) is 16.0. The fourth-order valence-corrected chi connectivity index (χ4v) is 3.54. The fourth-order valence-electron chi connectivity index (χ4n) is 3.54. The van der Waals surface area contributed by atoms with Crippen LogP contribution in [0.3, 0.4) is 0 Å². The lowest BCUT2D eigenvalue weighted by atomic mass is 10.0. The van der Waals surface area contributed by atoms with E-state index in [0.29, 0.717) is 0 Å². The highest BCUT2D eigenvalue weighted by atomic mass is 19.1. The molecule has 0 heterocycles. The summed E-state index contributed by atoms with van der Waals surface area (Å²) < 4.78 is 24.3. The van der Waals surface area contributed by atoms with Crippen LogP contribution < -0.4 is 20.1 Å². The molecule has 174 valence electrons. The van der Waals surface area contributed by atoms with Crippen LogP contribution in [-0.2, 0) is 0 Å². The van der Waals surface area contributed by atoms with Crippen LogP contribution in [0.2, 0.25) is 0 Å². The van der Waals surface area contributed by atoms with Crippen LogP contribution in [-0.4, -0.2) is 26.1 Å². The summed E-state index contributed by atoms with van der Waals surface area (Å²) in [5.74, 6) is 2.04. The van der Waals surface area contributed by atoms with E-state index < -0.39 is 0 Å². The Morgan fingerprint density at radius 3 is 1.91 bits per heavy atom. The van der Waals surface area contributed by atoms with Crippen LogP contribution in [0.15, 0.2) is 77.8 Å². The van der Waals surface area contributed by atoms with Crippen LogP contribution in [0.1, 0.15) is 38.3 Å². The van der Waals surface area contributed by atoms with Gasteiger partial charge >= 0.3 is 0 Å². The van der Waals surface area contributed by atoms with Gasteiger partial charge in [-0.1, -0.05) is 25.5 Å². The number of hydrogen-bond donors (Lipinski definition) is 2. The van der Waals surface area contributed by atoms with Gasteiger partial charge in [0.15, 0.2) is 0 Å². The summed E-state index contributed by atoms with van der Waals surface area (Å²) in [5.41, 5.74) is 2.69. The van der Waals surface area contributed by atoms with Gasteiger partial charge in [0, 0.05) is 17.4 Å². The summed E-state index contributed by atoms with van der Waals surface area (Å²) in [6, 6.07) is 21.7. The van der Waals surface area contributed by atoms with Crippen LogP contribution in [0, 0.1) is 5.82 Å². The van der Waals surface area contributed by atoms with Gasteiger partial charge in [0.1, 0.15) is 29.2 Å². The van der Waals surface area contributed by atoms with E-state index in [0.717, 1.165) is 47.1 Å². The van der Waals surface area contributed by atoms with Gasteiger partial charge in [-0.25, -0.2) is 4.39 Å². The Balaban J connectivity index is 2.00. The Bertz CT molecular complexity index is 1020. The molecule has 0 bridgehead atoms. The maximum Gasteiger partial charge on any atom is 0.128 e. The lowest BCUT2D eigenvalue weighted by Gasteiger charge is -2.25. The molecule has 0 amide bonds. The molecule has 0 spiro atoms. The molecule has 0 aliphatic heterocycles. The van der Waals surface area contributed by atoms with E-state index in [1.807, 2.05) is 48.5 Å². The third kappa shape index (κ3) is 6.97. The molecule has 0 aromatic heterocycles. The molecule has 2 atom stereocenters. The number of nitrogens with zero attached hydrogens (tertiary/aromatic N) is 1. The number of hydrogen-bond acceptors (Lipinski definition) is 4. The first-order valence-corrected chi connectivity index (χ1v) is 11.2. The van der Waals surface area contributed by atoms with E-state index in [1.54, 1.807) is 26.4 Å². The Kier molecular flexibility index (Phi) is 8.70. The van der Waals surface area contributed by atoms with E-state index in [1.165, 1.54) is 12.1 Å². The topological polar surface area (TPSA) is 54.9 Å². The number of halogens is 1. The van der Waals surface area contributed by atoms with Crippen LogP contribution >= 0.6 is 0 Å². The molecule has 0 saturated carbocycles. The van der Waals surface area contributed by atoms with Gasteiger partial charge in [0.2, 0.25) is 0 Å². The molecule has 0 fully saturated rings. The van der Waals surface area contributed by atoms with Crippen molar-refractivity contribution < 1.29 is 13.9 Å². The minimum absolute atomic E-state index is 0.122. The first kappa shape index (κ1) is 24.1. The predicted octanol–water partition coefficient (Wildman–Crippen LogP) is 6.70. The molecular weight excluding hydrogens is 417 g/mol. The first-order valence-electron chi connectivity index (χ1n) is 11.2. The second kappa shape index (κ2) is 11.9. The smallest absolute Gasteiger partial charge is 0.128 e. The lowest BCUT2D eigenvalue weighted by Crippen LogP contribution is -2.29. The number of methoxy groups -OCH3 is 2. The SMILES string of the molecule is CCCC(C)N=C(Nc1ccc(OC)cc1)C(Nc1ccc(OC)cc1)c1ccc(F)cc1. The van der Waals surface area contributed by atoms with Crippen molar-refractivity contribution in [1.82, 2.24) is 0 Å². The number of aliphatic imine (C=N–C) groups is 1. The van der Waals surface area contributed by atoms with Gasteiger partial charge in [-0.05, 0) is 79.6 Å². The van der Waals surface area contributed by atoms with E-state index >= 15 is 0 Å². The summed E-state index contributed by atoms with van der Waals surface area (Å²) in [7, 11) is 3.29. The van der Waals surface area contributed by atoms with Crippen LogP contribution in [0.25, 0.3) is 0 Å². The van der Waals surface area contributed by atoms with Crippen molar-refractivity contribution >= 4 is 17.2 Å². The van der Waals surface area contributed by atoms with Crippen LogP contribution in [0.5, 0.6) is 11.5 Å². The summed E-state index contributed by atoms with van der Waals surface area (Å²) in [4.78, 5) is 5.03. The van der Waals surface area contributed by atoms with Crippen LogP contribution in [0.4, 0.5) is 15.8 Å². The summed E-state index contributed by atoms with van der Waals surface area (Å²) in [6.45, 7) is 4.25. The van der Waals surface area contributed by atoms with Gasteiger partial charge in [-0.2, -0.15) is 0 Å². The molecule has 0 aliphatic rings. The number of anilines is 2. The molecule has 2 unspecified atom stereocenters. The molecule has 3 aromatic carbocycles. The van der Waals surface area contributed by atoms with Crippen molar-refractivity contribution in [2.45, 2.75) is 38.8 Å². The Hall–Kier alpha value is -3.54. The monoisotopic (exact) mass is 449 g/mol. The second-order valence-corrected chi connectivity index (χ2v) is 7.86. The minimum atomic E-state index is -0.319. The van der Waals surface area contributed by atoms with Crippen molar-refractivity contribution in [2.75, 3.05) is 24.9 Å². The molecule has 2 N–H and O–H groups in total. The lowest BCUT2D eigenvalue weighted by molar-refractivity contribution is 0.415. The zero-order chi connectivity index (χ0) is 23.6. The molecule has 0 aliphatic carbocycles.